The van der Waals surface area contributed by atoms with E-state index >= 15 is 0 Å². The Morgan fingerprint density at radius 2 is 2.10 bits per heavy atom. The van der Waals surface area contributed by atoms with E-state index in [1.807, 2.05) is 6.92 Å². The van der Waals surface area contributed by atoms with Crippen LogP contribution in [-0.2, 0) is 15.6 Å². The summed E-state index contributed by atoms with van der Waals surface area (Å²) in [6.07, 6.45) is 1.28. The molecule has 1 aliphatic heterocycles. The number of nitrogens with one attached hydrogen (secondary N) is 1. The largest absolute Gasteiger partial charge is 0.321 e. The Kier molecular flexibility index (Phi) is 4.69. The maximum absolute atomic E-state index is 11.9. The smallest absolute Gasteiger partial charge is 0.269 e. The van der Waals surface area contributed by atoms with Crippen LogP contribution in [0, 0.1) is 10.1 Å². The fourth-order valence-electron chi connectivity index (χ4n) is 2.21. The molecule has 21 heavy (non-hydrogen) atoms. The van der Waals surface area contributed by atoms with Gasteiger partial charge in [0.05, 0.1) is 11.5 Å². The number of carbonyl (C=O) groups is 1. The lowest BCUT2D eigenvalue weighted by atomic mass is 10.1. The lowest BCUT2D eigenvalue weighted by Gasteiger charge is -2.26. The van der Waals surface area contributed by atoms with Crippen molar-refractivity contribution in [2.45, 2.75) is 18.3 Å². The van der Waals surface area contributed by atoms with Crippen LogP contribution in [0.1, 0.15) is 18.7 Å². The van der Waals surface area contributed by atoms with Crippen LogP contribution >= 0.6 is 0 Å². The van der Waals surface area contributed by atoms with Gasteiger partial charge in [0, 0.05) is 41.0 Å². The number of rotatable bonds is 5. The number of nitro groups is 1. The molecule has 0 bridgehead atoms. The van der Waals surface area contributed by atoms with Crippen molar-refractivity contribution in [3.8, 4) is 0 Å². The lowest BCUT2D eigenvalue weighted by molar-refractivity contribution is -0.384. The molecule has 1 aromatic rings. The summed E-state index contributed by atoms with van der Waals surface area (Å²) in [6.45, 7) is 2.43. The molecular weight excluding hydrogens is 294 g/mol. The maximum atomic E-state index is 11.9. The van der Waals surface area contributed by atoms with E-state index in [1.54, 1.807) is 23.3 Å². The Balaban J connectivity index is 2.18. The molecule has 3 atom stereocenters. The first-order chi connectivity index (χ1) is 9.90. The van der Waals surface area contributed by atoms with Crippen LogP contribution < -0.4 is 5.32 Å². The van der Waals surface area contributed by atoms with Crippen LogP contribution in [0.2, 0.25) is 0 Å². The quantitative estimate of drug-likeness (QED) is 0.641. The van der Waals surface area contributed by atoms with Crippen LogP contribution in [0.4, 0.5) is 5.69 Å². The van der Waals surface area contributed by atoms with Gasteiger partial charge in [0.15, 0.2) is 0 Å². The SMILES string of the molecule is CC(CN1C(=O)CNC1c1ccc([N+](=O)[O-])cc1)S(C)=O. The first kappa shape index (κ1) is 15.6. The number of nitro benzene ring substituents is 1. The standard InChI is InChI=1S/C13H17N3O4S/c1-9(21(2)20)8-15-12(17)7-14-13(15)10-3-5-11(6-4-10)16(18)19/h3-6,9,13-14H,7-8H2,1-2H3. The summed E-state index contributed by atoms with van der Waals surface area (Å²) in [5, 5.41) is 13.6. The van der Waals surface area contributed by atoms with Crippen molar-refractivity contribution in [1.82, 2.24) is 10.2 Å². The molecule has 1 fully saturated rings. The van der Waals surface area contributed by atoms with E-state index < -0.39 is 15.7 Å². The average molecular weight is 311 g/mol. The van der Waals surface area contributed by atoms with Gasteiger partial charge in [-0.25, -0.2) is 0 Å². The van der Waals surface area contributed by atoms with Crippen LogP contribution in [0.5, 0.6) is 0 Å². The van der Waals surface area contributed by atoms with Crippen LogP contribution in [0.3, 0.4) is 0 Å². The molecule has 0 radical (unpaired) electrons. The molecule has 1 aromatic carbocycles. The van der Waals surface area contributed by atoms with Crippen LogP contribution in [-0.4, -0.2) is 44.5 Å². The lowest BCUT2D eigenvalue weighted by Crippen LogP contribution is -2.37. The minimum Gasteiger partial charge on any atom is -0.321 e. The Labute approximate surface area is 124 Å². The Morgan fingerprint density at radius 3 is 2.62 bits per heavy atom. The number of hydrogen-bond acceptors (Lipinski definition) is 5. The second kappa shape index (κ2) is 6.31. The van der Waals surface area contributed by atoms with E-state index in [0.29, 0.717) is 6.54 Å². The molecule has 7 nitrogen and oxygen atoms in total. The van der Waals surface area contributed by atoms with Gasteiger partial charge in [-0.3, -0.25) is 24.4 Å². The second-order valence-electron chi connectivity index (χ2n) is 4.99. The molecule has 8 heteroatoms. The molecule has 0 aromatic heterocycles. The topological polar surface area (TPSA) is 92.6 Å². The number of non-ortho nitro benzene ring substituents is 1. The average Bonchev–Trinajstić information content (AvgIpc) is 2.80. The number of nitrogens with zero attached hydrogens (tertiary/aromatic N) is 2. The van der Waals surface area contributed by atoms with E-state index in [4.69, 9.17) is 0 Å². The molecule has 1 aliphatic rings. The Morgan fingerprint density at radius 1 is 1.48 bits per heavy atom. The zero-order valence-corrected chi connectivity index (χ0v) is 12.6. The van der Waals surface area contributed by atoms with E-state index in [9.17, 15) is 19.1 Å². The molecule has 1 saturated heterocycles. The number of benzene rings is 1. The molecule has 1 amide bonds. The first-order valence-corrected chi connectivity index (χ1v) is 8.11. The monoisotopic (exact) mass is 311 g/mol. The number of carbonyl (C=O) groups excluding carboxylic acids is 1. The molecular formula is C13H17N3O4S. The predicted octanol–water partition coefficient (Wildman–Crippen LogP) is 0.792. The molecule has 0 aliphatic carbocycles. The van der Waals surface area contributed by atoms with Gasteiger partial charge in [-0.15, -0.1) is 0 Å². The van der Waals surface area contributed by atoms with Crippen molar-refractivity contribution in [3.05, 3.63) is 39.9 Å². The summed E-state index contributed by atoms with van der Waals surface area (Å²) in [4.78, 5) is 23.8. The van der Waals surface area contributed by atoms with Crippen molar-refractivity contribution in [1.29, 1.82) is 0 Å². The van der Waals surface area contributed by atoms with Gasteiger partial charge in [0.2, 0.25) is 5.91 Å². The zero-order valence-electron chi connectivity index (χ0n) is 11.8. The zero-order chi connectivity index (χ0) is 15.6. The second-order valence-corrected chi connectivity index (χ2v) is 6.79. The van der Waals surface area contributed by atoms with Crippen LogP contribution in [0.25, 0.3) is 0 Å². The highest BCUT2D eigenvalue weighted by atomic mass is 32.2. The van der Waals surface area contributed by atoms with Crippen molar-refractivity contribution < 1.29 is 13.9 Å². The third kappa shape index (κ3) is 3.45. The fourth-order valence-corrected chi connectivity index (χ4v) is 2.58. The summed E-state index contributed by atoms with van der Waals surface area (Å²) < 4.78 is 11.5. The fraction of sp³-hybridized carbons (Fsp3) is 0.462. The Bertz CT molecular complexity index is 575. The van der Waals surface area contributed by atoms with Crippen molar-refractivity contribution >= 4 is 22.4 Å². The van der Waals surface area contributed by atoms with Gasteiger partial charge >= 0.3 is 0 Å². The molecule has 1 heterocycles. The van der Waals surface area contributed by atoms with E-state index in [2.05, 4.69) is 5.32 Å². The van der Waals surface area contributed by atoms with Crippen LogP contribution in [0.15, 0.2) is 24.3 Å². The minimum absolute atomic E-state index is 0.0117. The number of amides is 1. The highest BCUT2D eigenvalue weighted by Gasteiger charge is 2.33. The van der Waals surface area contributed by atoms with Crippen molar-refractivity contribution in [3.63, 3.8) is 0 Å². The third-order valence-corrected chi connectivity index (χ3v) is 4.80. The molecule has 3 unspecified atom stereocenters. The van der Waals surface area contributed by atoms with Gasteiger partial charge in [-0.1, -0.05) is 0 Å². The molecule has 1 N–H and O–H groups in total. The molecule has 0 spiro atoms. The minimum atomic E-state index is -1.01. The predicted molar refractivity (Wildman–Crippen MR) is 79.1 cm³/mol. The summed E-state index contributed by atoms with van der Waals surface area (Å²) in [5.74, 6) is -0.0596. The van der Waals surface area contributed by atoms with E-state index in [1.165, 1.54) is 12.1 Å². The molecule has 2 rings (SSSR count). The molecule has 114 valence electrons. The molecule has 0 saturated carbocycles. The summed E-state index contributed by atoms with van der Waals surface area (Å²) in [6, 6.07) is 6.10. The van der Waals surface area contributed by atoms with Gasteiger partial charge < -0.3 is 4.90 Å². The summed E-state index contributed by atoms with van der Waals surface area (Å²) in [7, 11) is -1.01. The highest BCUT2D eigenvalue weighted by molar-refractivity contribution is 7.84. The van der Waals surface area contributed by atoms with Crippen molar-refractivity contribution in [2.24, 2.45) is 0 Å². The summed E-state index contributed by atoms with van der Waals surface area (Å²) >= 11 is 0. The van der Waals surface area contributed by atoms with E-state index in [-0.39, 0.29) is 29.6 Å². The normalized spacial score (nSPS) is 21.3. The van der Waals surface area contributed by atoms with Gasteiger partial charge in [0.25, 0.3) is 5.69 Å². The highest BCUT2D eigenvalue weighted by Crippen LogP contribution is 2.25. The Hall–Kier alpha value is -1.80. The van der Waals surface area contributed by atoms with Gasteiger partial charge in [0.1, 0.15) is 6.17 Å². The first-order valence-electron chi connectivity index (χ1n) is 6.49. The number of hydrogen-bond donors (Lipinski definition) is 1. The van der Waals surface area contributed by atoms with Gasteiger partial charge in [-0.2, -0.15) is 0 Å². The third-order valence-electron chi connectivity index (χ3n) is 3.52. The van der Waals surface area contributed by atoms with E-state index in [0.717, 1.165) is 5.56 Å². The summed E-state index contributed by atoms with van der Waals surface area (Å²) in [5.41, 5.74) is 0.790. The van der Waals surface area contributed by atoms with Gasteiger partial charge in [-0.05, 0) is 24.6 Å². The maximum Gasteiger partial charge on any atom is 0.269 e. The van der Waals surface area contributed by atoms with Crippen molar-refractivity contribution in [2.75, 3.05) is 19.3 Å².